The van der Waals surface area contributed by atoms with E-state index >= 15 is 0 Å². The summed E-state index contributed by atoms with van der Waals surface area (Å²) >= 11 is 5.73. The minimum absolute atomic E-state index is 0.463. The lowest BCUT2D eigenvalue weighted by molar-refractivity contribution is -0.154. The summed E-state index contributed by atoms with van der Waals surface area (Å²) in [5.74, 6) is -0.438. The van der Waals surface area contributed by atoms with Crippen LogP contribution < -0.4 is 4.74 Å². The quantitative estimate of drug-likeness (QED) is 0.861. The van der Waals surface area contributed by atoms with Crippen molar-refractivity contribution in [1.82, 2.24) is 0 Å². The van der Waals surface area contributed by atoms with E-state index in [4.69, 9.17) is 21.4 Å². The maximum absolute atomic E-state index is 11.1. The van der Waals surface area contributed by atoms with E-state index in [2.05, 4.69) is 0 Å². The van der Waals surface area contributed by atoms with Crippen molar-refractivity contribution in [1.29, 1.82) is 0 Å². The first-order valence-corrected chi connectivity index (χ1v) is 5.53. The number of benzene rings is 1. The standard InChI is InChI=1S/C12H15ClO3/c1-3-8-12(2,11(14)15)16-10-6-4-9(13)5-7-10/h4-7H,3,8H2,1-2H3,(H,14,15)/t12-/m0/s1. The molecule has 88 valence electrons. The Morgan fingerprint density at radius 1 is 1.44 bits per heavy atom. The summed E-state index contributed by atoms with van der Waals surface area (Å²) in [6, 6.07) is 6.68. The molecule has 0 bridgehead atoms. The zero-order valence-electron chi connectivity index (χ0n) is 9.37. The van der Waals surface area contributed by atoms with Crippen LogP contribution in [-0.2, 0) is 4.79 Å². The van der Waals surface area contributed by atoms with Gasteiger partial charge in [-0.1, -0.05) is 24.9 Å². The van der Waals surface area contributed by atoms with Crippen LogP contribution in [0.2, 0.25) is 5.02 Å². The Bertz CT molecular complexity index is 361. The van der Waals surface area contributed by atoms with Gasteiger partial charge in [-0.3, -0.25) is 0 Å². The van der Waals surface area contributed by atoms with E-state index in [9.17, 15) is 4.79 Å². The molecule has 0 saturated heterocycles. The molecular weight excluding hydrogens is 228 g/mol. The fourth-order valence-corrected chi connectivity index (χ4v) is 1.57. The van der Waals surface area contributed by atoms with Gasteiger partial charge in [-0.2, -0.15) is 0 Å². The molecule has 1 aromatic rings. The zero-order chi connectivity index (χ0) is 12.2. The Hall–Kier alpha value is -1.22. The second-order valence-corrected chi connectivity index (χ2v) is 4.28. The molecule has 0 radical (unpaired) electrons. The van der Waals surface area contributed by atoms with Gasteiger partial charge in [0.05, 0.1) is 0 Å². The van der Waals surface area contributed by atoms with Crippen LogP contribution in [0.25, 0.3) is 0 Å². The molecule has 0 aliphatic rings. The summed E-state index contributed by atoms with van der Waals surface area (Å²) < 4.78 is 5.50. The molecule has 1 N–H and O–H groups in total. The van der Waals surface area contributed by atoms with Gasteiger partial charge in [0, 0.05) is 5.02 Å². The number of carboxylic acids is 1. The molecule has 0 aliphatic carbocycles. The van der Waals surface area contributed by atoms with Crippen LogP contribution in [0.5, 0.6) is 5.75 Å². The van der Waals surface area contributed by atoms with Crippen LogP contribution >= 0.6 is 11.6 Å². The zero-order valence-corrected chi connectivity index (χ0v) is 10.1. The summed E-state index contributed by atoms with van der Waals surface area (Å²) in [5.41, 5.74) is -1.18. The van der Waals surface area contributed by atoms with Crippen LogP contribution in [0, 0.1) is 0 Å². The van der Waals surface area contributed by atoms with Gasteiger partial charge in [0.15, 0.2) is 0 Å². The molecule has 0 aliphatic heterocycles. The molecular formula is C12H15ClO3. The van der Waals surface area contributed by atoms with Gasteiger partial charge in [0.25, 0.3) is 0 Å². The van der Waals surface area contributed by atoms with Crippen molar-refractivity contribution in [2.75, 3.05) is 0 Å². The number of rotatable bonds is 5. The van der Waals surface area contributed by atoms with Crippen molar-refractivity contribution in [3.05, 3.63) is 29.3 Å². The SMILES string of the molecule is CCC[C@](C)(Oc1ccc(Cl)cc1)C(=O)O. The van der Waals surface area contributed by atoms with E-state index in [-0.39, 0.29) is 0 Å². The number of halogens is 1. The fourth-order valence-electron chi connectivity index (χ4n) is 1.44. The third-order valence-corrected chi connectivity index (χ3v) is 2.59. The molecule has 4 heteroatoms. The molecule has 0 spiro atoms. The number of carbonyl (C=O) groups is 1. The summed E-state index contributed by atoms with van der Waals surface area (Å²) in [4.78, 5) is 11.1. The van der Waals surface area contributed by atoms with E-state index in [1.165, 1.54) is 0 Å². The highest BCUT2D eigenvalue weighted by Gasteiger charge is 2.34. The van der Waals surface area contributed by atoms with Crippen LogP contribution in [0.4, 0.5) is 0 Å². The monoisotopic (exact) mass is 242 g/mol. The molecule has 1 aromatic carbocycles. The third kappa shape index (κ3) is 3.14. The highest BCUT2D eigenvalue weighted by atomic mass is 35.5. The van der Waals surface area contributed by atoms with Crippen molar-refractivity contribution < 1.29 is 14.6 Å². The van der Waals surface area contributed by atoms with Gasteiger partial charge >= 0.3 is 5.97 Å². The number of hydrogen-bond acceptors (Lipinski definition) is 2. The smallest absolute Gasteiger partial charge is 0.347 e. The molecule has 0 unspecified atom stereocenters. The maximum atomic E-state index is 11.1. The van der Waals surface area contributed by atoms with E-state index in [0.29, 0.717) is 17.2 Å². The molecule has 1 rings (SSSR count). The fraction of sp³-hybridized carbons (Fsp3) is 0.417. The second kappa shape index (κ2) is 5.21. The lowest BCUT2D eigenvalue weighted by Crippen LogP contribution is -2.41. The van der Waals surface area contributed by atoms with Gasteiger partial charge in [-0.25, -0.2) is 4.79 Å². The van der Waals surface area contributed by atoms with Crippen molar-refractivity contribution in [3.63, 3.8) is 0 Å². The summed E-state index contributed by atoms with van der Waals surface area (Å²) in [6.07, 6.45) is 1.21. The van der Waals surface area contributed by atoms with Crippen LogP contribution in [0.15, 0.2) is 24.3 Å². The van der Waals surface area contributed by atoms with Crippen molar-refractivity contribution >= 4 is 17.6 Å². The highest BCUT2D eigenvalue weighted by Crippen LogP contribution is 2.24. The topological polar surface area (TPSA) is 46.5 Å². The summed E-state index contributed by atoms with van der Waals surface area (Å²) in [7, 11) is 0. The average Bonchev–Trinajstić information content (AvgIpc) is 2.22. The molecule has 0 saturated carbocycles. The van der Waals surface area contributed by atoms with Gasteiger partial charge in [-0.15, -0.1) is 0 Å². The predicted molar refractivity (Wildman–Crippen MR) is 63.0 cm³/mol. The van der Waals surface area contributed by atoms with E-state index in [0.717, 1.165) is 6.42 Å². The molecule has 0 aromatic heterocycles. The summed E-state index contributed by atoms with van der Waals surface area (Å²) in [5, 5.41) is 9.73. The lowest BCUT2D eigenvalue weighted by Gasteiger charge is -2.25. The number of aliphatic carboxylic acids is 1. The lowest BCUT2D eigenvalue weighted by atomic mass is 10.0. The van der Waals surface area contributed by atoms with Crippen LogP contribution in [0.1, 0.15) is 26.7 Å². The molecule has 3 nitrogen and oxygen atoms in total. The number of ether oxygens (including phenoxy) is 1. The Balaban J connectivity index is 2.83. The Kier molecular flexibility index (Phi) is 4.19. The van der Waals surface area contributed by atoms with Crippen LogP contribution in [0.3, 0.4) is 0 Å². The minimum atomic E-state index is -1.18. The van der Waals surface area contributed by atoms with Crippen LogP contribution in [-0.4, -0.2) is 16.7 Å². The van der Waals surface area contributed by atoms with E-state index in [1.54, 1.807) is 31.2 Å². The molecule has 0 heterocycles. The van der Waals surface area contributed by atoms with Crippen molar-refractivity contribution in [2.24, 2.45) is 0 Å². The highest BCUT2D eigenvalue weighted by molar-refractivity contribution is 6.30. The second-order valence-electron chi connectivity index (χ2n) is 3.84. The maximum Gasteiger partial charge on any atom is 0.347 e. The first-order valence-electron chi connectivity index (χ1n) is 5.16. The molecule has 1 atom stereocenters. The number of hydrogen-bond donors (Lipinski definition) is 1. The summed E-state index contributed by atoms with van der Waals surface area (Å²) in [6.45, 7) is 3.50. The average molecular weight is 243 g/mol. The normalized spacial score (nSPS) is 14.2. The van der Waals surface area contributed by atoms with Crippen molar-refractivity contribution in [3.8, 4) is 5.75 Å². The first-order chi connectivity index (χ1) is 7.48. The Morgan fingerprint density at radius 2 is 2.00 bits per heavy atom. The van der Waals surface area contributed by atoms with Gasteiger partial charge in [-0.05, 0) is 37.6 Å². The number of carboxylic acid groups (broad SMARTS) is 1. The first kappa shape index (κ1) is 12.8. The molecule has 0 amide bonds. The predicted octanol–water partition coefficient (Wildman–Crippen LogP) is 3.36. The molecule has 16 heavy (non-hydrogen) atoms. The van der Waals surface area contributed by atoms with Gasteiger partial charge < -0.3 is 9.84 Å². The van der Waals surface area contributed by atoms with Gasteiger partial charge in [0.2, 0.25) is 5.60 Å². The third-order valence-electron chi connectivity index (χ3n) is 2.34. The largest absolute Gasteiger partial charge is 0.478 e. The minimum Gasteiger partial charge on any atom is -0.478 e. The van der Waals surface area contributed by atoms with E-state index < -0.39 is 11.6 Å². The van der Waals surface area contributed by atoms with Crippen molar-refractivity contribution in [2.45, 2.75) is 32.3 Å². The Labute approximate surface area is 100.0 Å². The van der Waals surface area contributed by atoms with Gasteiger partial charge in [0.1, 0.15) is 5.75 Å². The van der Waals surface area contributed by atoms with E-state index in [1.807, 2.05) is 6.92 Å². The Morgan fingerprint density at radius 3 is 2.44 bits per heavy atom. The molecule has 0 fully saturated rings.